The number of halogens is 3. The van der Waals surface area contributed by atoms with Gasteiger partial charge in [-0.2, -0.15) is 13.2 Å². The van der Waals surface area contributed by atoms with Crippen molar-refractivity contribution < 1.29 is 27.6 Å². The zero-order valence-corrected chi connectivity index (χ0v) is 14.1. The van der Waals surface area contributed by atoms with Crippen LogP contribution in [0.5, 0.6) is 0 Å². The number of benzene rings is 1. The molecule has 0 aliphatic carbocycles. The van der Waals surface area contributed by atoms with Crippen LogP contribution in [-0.2, 0) is 9.59 Å². The van der Waals surface area contributed by atoms with Crippen molar-refractivity contribution in [2.24, 2.45) is 0 Å². The van der Waals surface area contributed by atoms with Crippen LogP contribution in [0.2, 0.25) is 0 Å². The second-order valence-corrected chi connectivity index (χ2v) is 5.80. The van der Waals surface area contributed by atoms with E-state index in [9.17, 15) is 27.6 Å². The van der Waals surface area contributed by atoms with Crippen molar-refractivity contribution in [1.82, 2.24) is 10.6 Å². The molecule has 0 spiro atoms. The molecule has 0 radical (unpaired) electrons. The molecule has 3 N–H and O–H groups in total. The lowest BCUT2D eigenvalue weighted by atomic mass is 10.1. The molecule has 0 aromatic heterocycles. The van der Waals surface area contributed by atoms with Crippen molar-refractivity contribution in [2.45, 2.75) is 25.9 Å². The summed E-state index contributed by atoms with van der Waals surface area (Å²) in [5, 5.41) is 6.17. The van der Waals surface area contributed by atoms with Crippen LogP contribution in [0.15, 0.2) is 18.2 Å². The van der Waals surface area contributed by atoms with Crippen LogP contribution in [0.1, 0.15) is 18.4 Å². The first-order valence-corrected chi connectivity index (χ1v) is 7.95. The van der Waals surface area contributed by atoms with Crippen LogP contribution in [0.4, 0.5) is 29.3 Å². The molecule has 1 fully saturated rings. The van der Waals surface area contributed by atoms with Gasteiger partial charge in [0.25, 0.3) is 0 Å². The zero-order valence-electron chi connectivity index (χ0n) is 14.1. The van der Waals surface area contributed by atoms with E-state index in [1.807, 2.05) is 0 Å². The first-order chi connectivity index (χ1) is 12.2. The quantitative estimate of drug-likeness (QED) is 0.737. The molecule has 1 aromatic carbocycles. The summed E-state index contributed by atoms with van der Waals surface area (Å²) in [6.07, 6.45) is -3.28. The topological polar surface area (TPSA) is 90.5 Å². The summed E-state index contributed by atoms with van der Waals surface area (Å²) in [5.41, 5.74) is 2.09. The molecular formula is C16H19F3N4O3. The third-order valence-corrected chi connectivity index (χ3v) is 3.81. The average Bonchev–Trinajstić information content (AvgIpc) is 2.97. The van der Waals surface area contributed by atoms with Gasteiger partial charge in [0.15, 0.2) is 0 Å². The SMILES string of the molecule is Cc1c(NCC(=O)NC(=O)NCC(F)(F)F)cccc1N1CCCC1=O. The Hall–Kier alpha value is -2.78. The Labute approximate surface area is 147 Å². The van der Waals surface area contributed by atoms with Crippen molar-refractivity contribution in [2.75, 3.05) is 29.9 Å². The van der Waals surface area contributed by atoms with E-state index in [0.717, 1.165) is 17.7 Å². The number of anilines is 2. The van der Waals surface area contributed by atoms with Gasteiger partial charge in [0.2, 0.25) is 11.8 Å². The molecule has 0 saturated carbocycles. The van der Waals surface area contributed by atoms with Gasteiger partial charge < -0.3 is 15.5 Å². The first-order valence-electron chi connectivity index (χ1n) is 7.95. The molecule has 1 saturated heterocycles. The van der Waals surface area contributed by atoms with E-state index in [2.05, 4.69) is 5.32 Å². The van der Waals surface area contributed by atoms with E-state index in [1.165, 1.54) is 0 Å². The molecule has 0 unspecified atom stereocenters. The lowest BCUT2D eigenvalue weighted by Crippen LogP contribution is -2.45. The summed E-state index contributed by atoms with van der Waals surface area (Å²) in [6.45, 7) is 0.586. The van der Waals surface area contributed by atoms with Gasteiger partial charge in [-0.3, -0.25) is 14.9 Å². The number of carbonyl (C=O) groups excluding carboxylic acids is 3. The largest absolute Gasteiger partial charge is 0.405 e. The number of imide groups is 1. The molecule has 1 aliphatic rings. The number of alkyl halides is 3. The van der Waals surface area contributed by atoms with Crippen molar-refractivity contribution in [3.8, 4) is 0 Å². The van der Waals surface area contributed by atoms with Gasteiger partial charge in [0, 0.05) is 24.3 Å². The van der Waals surface area contributed by atoms with Gasteiger partial charge in [-0.15, -0.1) is 0 Å². The minimum Gasteiger partial charge on any atom is -0.376 e. The number of nitrogens with one attached hydrogen (secondary N) is 3. The average molecular weight is 372 g/mol. The Bertz CT molecular complexity index is 706. The molecule has 1 aliphatic heterocycles. The highest BCUT2D eigenvalue weighted by Crippen LogP contribution is 2.29. The van der Waals surface area contributed by atoms with Gasteiger partial charge >= 0.3 is 12.2 Å². The predicted octanol–water partition coefficient (Wildman–Crippen LogP) is 1.92. The van der Waals surface area contributed by atoms with Crippen molar-refractivity contribution in [3.63, 3.8) is 0 Å². The van der Waals surface area contributed by atoms with Crippen LogP contribution in [-0.4, -0.2) is 43.7 Å². The maximum Gasteiger partial charge on any atom is 0.405 e. The van der Waals surface area contributed by atoms with Crippen molar-refractivity contribution in [1.29, 1.82) is 0 Å². The molecule has 7 nitrogen and oxygen atoms in total. The lowest BCUT2D eigenvalue weighted by molar-refractivity contribution is -0.124. The monoisotopic (exact) mass is 372 g/mol. The highest BCUT2D eigenvalue weighted by molar-refractivity contribution is 5.98. The molecule has 26 heavy (non-hydrogen) atoms. The van der Waals surface area contributed by atoms with Gasteiger partial charge in [-0.1, -0.05) is 6.07 Å². The molecule has 1 heterocycles. The van der Waals surface area contributed by atoms with Crippen molar-refractivity contribution in [3.05, 3.63) is 23.8 Å². The second kappa shape index (κ2) is 8.07. The molecule has 2 rings (SSSR count). The molecule has 0 bridgehead atoms. The van der Waals surface area contributed by atoms with E-state index in [0.29, 0.717) is 18.7 Å². The minimum absolute atomic E-state index is 0.0318. The third kappa shape index (κ3) is 5.36. The Morgan fingerprint density at radius 3 is 2.62 bits per heavy atom. The van der Waals surface area contributed by atoms with E-state index in [-0.39, 0.29) is 12.5 Å². The Morgan fingerprint density at radius 2 is 2.00 bits per heavy atom. The molecule has 142 valence electrons. The summed E-state index contributed by atoms with van der Waals surface area (Å²) >= 11 is 0. The van der Waals surface area contributed by atoms with E-state index in [1.54, 1.807) is 40.7 Å². The standard InChI is InChI=1S/C16H19F3N4O3/c1-10-11(4-2-5-12(10)23-7-3-6-14(23)25)20-8-13(24)22-15(26)21-9-16(17,18)19/h2,4-5,20H,3,6-9H2,1H3,(H2,21,22,24,26). The number of rotatable bonds is 5. The molecule has 4 amide bonds. The third-order valence-electron chi connectivity index (χ3n) is 3.81. The summed E-state index contributed by atoms with van der Waals surface area (Å²) in [5.74, 6) is -0.754. The summed E-state index contributed by atoms with van der Waals surface area (Å²) in [4.78, 5) is 36.4. The molecule has 10 heteroatoms. The van der Waals surface area contributed by atoms with E-state index < -0.39 is 24.7 Å². The zero-order chi connectivity index (χ0) is 19.3. The summed E-state index contributed by atoms with van der Waals surface area (Å²) < 4.78 is 36.0. The maximum atomic E-state index is 12.0. The molecular weight excluding hydrogens is 353 g/mol. The molecule has 1 aromatic rings. The summed E-state index contributed by atoms with van der Waals surface area (Å²) in [6, 6.07) is 4.01. The minimum atomic E-state index is -4.55. The number of hydrogen-bond acceptors (Lipinski definition) is 4. The van der Waals surface area contributed by atoms with Crippen LogP contribution >= 0.6 is 0 Å². The second-order valence-electron chi connectivity index (χ2n) is 5.80. The number of nitrogens with zero attached hydrogens (tertiary/aromatic N) is 1. The fourth-order valence-corrected chi connectivity index (χ4v) is 2.58. The van der Waals surface area contributed by atoms with Crippen LogP contribution < -0.4 is 20.9 Å². The Morgan fingerprint density at radius 1 is 1.27 bits per heavy atom. The highest BCUT2D eigenvalue weighted by Gasteiger charge is 2.28. The summed E-state index contributed by atoms with van der Waals surface area (Å²) in [7, 11) is 0. The fourth-order valence-electron chi connectivity index (χ4n) is 2.58. The number of amides is 4. The Balaban J connectivity index is 1.90. The van der Waals surface area contributed by atoms with Crippen LogP contribution in [0.3, 0.4) is 0 Å². The number of carbonyl (C=O) groups is 3. The maximum absolute atomic E-state index is 12.0. The molecule has 0 atom stereocenters. The normalized spacial score (nSPS) is 14.3. The van der Waals surface area contributed by atoms with Gasteiger partial charge in [-0.05, 0) is 31.0 Å². The number of urea groups is 1. The highest BCUT2D eigenvalue weighted by atomic mass is 19.4. The Kier molecular flexibility index (Phi) is 6.06. The van der Waals surface area contributed by atoms with Gasteiger partial charge in [0.05, 0.1) is 6.54 Å². The van der Waals surface area contributed by atoms with E-state index in [4.69, 9.17) is 0 Å². The van der Waals surface area contributed by atoms with E-state index >= 15 is 0 Å². The predicted molar refractivity (Wildman–Crippen MR) is 88.9 cm³/mol. The fraction of sp³-hybridized carbons (Fsp3) is 0.438. The number of hydrogen-bond donors (Lipinski definition) is 3. The first kappa shape index (κ1) is 19.5. The van der Waals surface area contributed by atoms with Crippen LogP contribution in [0, 0.1) is 6.92 Å². The van der Waals surface area contributed by atoms with Crippen molar-refractivity contribution >= 4 is 29.2 Å². The van der Waals surface area contributed by atoms with Gasteiger partial charge in [0.1, 0.15) is 6.54 Å². The lowest BCUT2D eigenvalue weighted by Gasteiger charge is -2.20. The van der Waals surface area contributed by atoms with Gasteiger partial charge in [-0.25, -0.2) is 4.79 Å². The smallest absolute Gasteiger partial charge is 0.376 e. The van der Waals surface area contributed by atoms with Crippen LogP contribution in [0.25, 0.3) is 0 Å².